The molecule has 116 valence electrons. The van der Waals surface area contributed by atoms with Gasteiger partial charge in [-0.15, -0.1) is 0 Å². The molecule has 7 heteroatoms. The zero-order valence-electron chi connectivity index (χ0n) is 12.7. The van der Waals surface area contributed by atoms with Gasteiger partial charge < -0.3 is 15.4 Å². The number of amides is 1. The van der Waals surface area contributed by atoms with Gasteiger partial charge in [0.05, 0.1) is 24.6 Å². The molecule has 0 heterocycles. The lowest BCUT2D eigenvalue weighted by Gasteiger charge is -2.20. The molecular formula is C14H21N3O4. The highest BCUT2D eigenvalue weighted by atomic mass is 16.6. The molecule has 7 nitrogen and oxygen atoms in total. The van der Waals surface area contributed by atoms with Crippen molar-refractivity contribution in [3.05, 3.63) is 33.9 Å². The highest BCUT2D eigenvalue weighted by Gasteiger charge is 2.14. The zero-order valence-corrected chi connectivity index (χ0v) is 12.7. The maximum Gasteiger partial charge on any atom is 0.273 e. The number of nitro benzene ring substituents is 1. The van der Waals surface area contributed by atoms with Crippen LogP contribution in [0.2, 0.25) is 0 Å². The van der Waals surface area contributed by atoms with Crippen LogP contribution in [0.5, 0.6) is 5.75 Å². The summed E-state index contributed by atoms with van der Waals surface area (Å²) in [6.45, 7) is 6.18. The molecule has 0 aliphatic heterocycles. The van der Waals surface area contributed by atoms with E-state index in [0.29, 0.717) is 17.9 Å². The van der Waals surface area contributed by atoms with E-state index in [1.165, 1.54) is 19.2 Å². The van der Waals surface area contributed by atoms with Crippen LogP contribution in [0.4, 0.5) is 5.69 Å². The van der Waals surface area contributed by atoms with E-state index < -0.39 is 4.92 Å². The first kappa shape index (κ1) is 16.9. The maximum absolute atomic E-state index is 11.6. The standard InChI is InChI=1S/C14H21N3O4/c1-14(2,3)16-13(18)9-15-8-10-5-11(17(19)20)7-12(6-10)21-4/h5-7,15H,8-9H2,1-4H3,(H,16,18). The van der Waals surface area contributed by atoms with Gasteiger partial charge in [-0.25, -0.2) is 0 Å². The Hall–Kier alpha value is -2.15. The summed E-state index contributed by atoms with van der Waals surface area (Å²) in [6, 6.07) is 4.51. The van der Waals surface area contributed by atoms with Crippen LogP contribution in [0.25, 0.3) is 0 Å². The van der Waals surface area contributed by atoms with E-state index in [1.807, 2.05) is 20.8 Å². The van der Waals surface area contributed by atoms with Crippen LogP contribution in [-0.4, -0.2) is 30.0 Å². The van der Waals surface area contributed by atoms with E-state index >= 15 is 0 Å². The lowest BCUT2D eigenvalue weighted by molar-refractivity contribution is -0.385. The van der Waals surface area contributed by atoms with Crippen molar-refractivity contribution in [1.82, 2.24) is 10.6 Å². The lowest BCUT2D eigenvalue weighted by Crippen LogP contribution is -2.44. The summed E-state index contributed by atoms with van der Waals surface area (Å²) in [6.07, 6.45) is 0. The van der Waals surface area contributed by atoms with Gasteiger partial charge in [0.1, 0.15) is 5.75 Å². The molecule has 2 N–H and O–H groups in total. The summed E-state index contributed by atoms with van der Waals surface area (Å²) in [5.74, 6) is 0.292. The molecule has 0 radical (unpaired) electrons. The fraction of sp³-hybridized carbons (Fsp3) is 0.500. The maximum atomic E-state index is 11.6. The van der Waals surface area contributed by atoms with Crippen LogP contribution in [0.1, 0.15) is 26.3 Å². The summed E-state index contributed by atoms with van der Waals surface area (Å²) in [4.78, 5) is 22.0. The smallest absolute Gasteiger partial charge is 0.273 e. The molecule has 0 saturated carbocycles. The number of benzene rings is 1. The molecule has 0 spiro atoms. The number of carbonyl (C=O) groups excluding carboxylic acids is 1. The molecule has 0 bridgehead atoms. The predicted octanol–water partition coefficient (Wildman–Crippen LogP) is 1.61. The Kier molecular flexibility index (Phi) is 5.66. The first-order chi connectivity index (χ1) is 9.71. The second-order valence-electron chi connectivity index (χ2n) is 5.70. The van der Waals surface area contributed by atoms with E-state index in [2.05, 4.69) is 10.6 Å². The average molecular weight is 295 g/mol. The van der Waals surface area contributed by atoms with Gasteiger partial charge in [0.2, 0.25) is 5.91 Å². The zero-order chi connectivity index (χ0) is 16.0. The topological polar surface area (TPSA) is 93.5 Å². The second-order valence-corrected chi connectivity index (χ2v) is 5.70. The van der Waals surface area contributed by atoms with Crippen LogP contribution in [0.3, 0.4) is 0 Å². The fourth-order valence-corrected chi connectivity index (χ4v) is 1.75. The molecule has 1 amide bonds. The van der Waals surface area contributed by atoms with Crippen molar-refractivity contribution in [2.24, 2.45) is 0 Å². The number of nitrogens with one attached hydrogen (secondary N) is 2. The van der Waals surface area contributed by atoms with E-state index in [0.717, 1.165) is 0 Å². The third-order valence-corrected chi connectivity index (χ3v) is 2.53. The Morgan fingerprint density at radius 2 is 2.00 bits per heavy atom. The highest BCUT2D eigenvalue weighted by molar-refractivity contribution is 5.78. The van der Waals surface area contributed by atoms with Crippen LogP contribution in [0.15, 0.2) is 18.2 Å². The number of ether oxygens (including phenoxy) is 1. The van der Waals surface area contributed by atoms with E-state index in [4.69, 9.17) is 4.74 Å². The number of carbonyl (C=O) groups is 1. The van der Waals surface area contributed by atoms with E-state index in [-0.39, 0.29) is 23.7 Å². The van der Waals surface area contributed by atoms with E-state index in [9.17, 15) is 14.9 Å². The van der Waals surface area contributed by atoms with Crippen LogP contribution >= 0.6 is 0 Å². The number of non-ortho nitro benzene ring substituents is 1. The molecular weight excluding hydrogens is 274 g/mol. The average Bonchev–Trinajstić information content (AvgIpc) is 2.36. The Morgan fingerprint density at radius 1 is 1.33 bits per heavy atom. The monoisotopic (exact) mass is 295 g/mol. The third-order valence-electron chi connectivity index (χ3n) is 2.53. The Morgan fingerprint density at radius 3 is 2.52 bits per heavy atom. The fourth-order valence-electron chi connectivity index (χ4n) is 1.75. The second kappa shape index (κ2) is 7.03. The largest absolute Gasteiger partial charge is 0.496 e. The van der Waals surface area contributed by atoms with Crippen LogP contribution in [0, 0.1) is 10.1 Å². The summed E-state index contributed by atoms with van der Waals surface area (Å²) in [5.41, 5.74) is 0.364. The van der Waals surface area contributed by atoms with Crippen molar-refractivity contribution in [3.8, 4) is 5.75 Å². The minimum Gasteiger partial charge on any atom is -0.496 e. The minimum absolute atomic E-state index is 0.0368. The number of nitro groups is 1. The van der Waals surface area contributed by atoms with Crippen LogP contribution in [-0.2, 0) is 11.3 Å². The highest BCUT2D eigenvalue weighted by Crippen LogP contribution is 2.22. The minimum atomic E-state index is -0.474. The van der Waals surface area contributed by atoms with Gasteiger partial charge in [0.25, 0.3) is 5.69 Å². The Bertz CT molecular complexity index is 523. The summed E-state index contributed by atoms with van der Waals surface area (Å²) < 4.78 is 5.03. The third kappa shape index (κ3) is 6.22. The van der Waals surface area contributed by atoms with Crippen molar-refractivity contribution in [3.63, 3.8) is 0 Å². The predicted molar refractivity (Wildman–Crippen MR) is 79.3 cm³/mol. The van der Waals surface area contributed by atoms with Gasteiger partial charge in [-0.2, -0.15) is 0 Å². The number of methoxy groups -OCH3 is 1. The normalized spacial score (nSPS) is 11.0. The van der Waals surface area contributed by atoms with Crippen LogP contribution < -0.4 is 15.4 Å². The Labute approximate surface area is 123 Å². The van der Waals surface area contributed by atoms with E-state index in [1.54, 1.807) is 6.07 Å². The van der Waals surface area contributed by atoms with Gasteiger partial charge in [-0.05, 0) is 32.4 Å². The Balaban J connectivity index is 2.61. The first-order valence-corrected chi connectivity index (χ1v) is 6.55. The summed E-state index contributed by atoms with van der Waals surface area (Å²) in [5, 5.41) is 16.6. The lowest BCUT2D eigenvalue weighted by atomic mass is 10.1. The quantitative estimate of drug-likeness (QED) is 0.614. The van der Waals surface area contributed by atoms with Crippen molar-refractivity contribution in [1.29, 1.82) is 0 Å². The molecule has 1 aromatic rings. The van der Waals surface area contributed by atoms with Gasteiger partial charge >= 0.3 is 0 Å². The summed E-state index contributed by atoms with van der Waals surface area (Å²) >= 11 is 0. The van der Waals surface area contributed by atoms with Gasteiger partial charge in [-0.1, -0.05) is 0 Å². The number of hydrogen-bond acceptors (Lipinski definition) is 5. The molecule has 0 unspecified atom stereocenters. The molecule has 0 aromatic heterocycles. The molecule has 0 fully saturated rings. The summed E-state index contributed by atoms with van der Waals surface area (Å²) in [7, 11) is 1.45. The first-order valence-electron chi connectivity index (χ1n) is 6.55. The van der Waals surface area contributed by atoms with Crippen molar-refractivity contribution < 1.29 is 14.5 Å². The molecule has 1 rings (SSSR count). The number of nitrogens with zero attached hydrogens (tertiary/aromatic N) is 1. The molecule has 21 heavy (non-hydrogen) atoms. The van der Waals surface area contributed by atoms with Crippen molar-refractivity contribution in [2.45, 2.75) is 32.9 Å². The van der Waals surface area contributed by atoms with Gasteiger partial charge in [0.15, 0.2) is 0 Å². The van der Waals surface area contributed by atoms with Gasteiger partial charge in [-0.3, -0.25) is 14.9 Å². The molecule has 0 aliphatic carbocycles. The van der Waals surface area contributed by atoms with Gasteiger partial charge in [0, 0.05) is 18.2 Å². The molecule has 1 aromatic carbocycles. The number of hydrogen-bond donors (Lipinski definition) is 2. The molecule has 0 atom stereocenters. The molecule has 0 saturated heterocycles. The SMILES string of the molecule is COc1cc(CNCC(=O)NC(C)(C)C)cc([N+](=O)[O-])c1. The number of rotatable bonds is 6. The van der Waals surface area contributed by atoms with Crippen molar-refractivity contribution >= 4 is 11.6 Å². The van der Waals surface area contributed by atoms with Crippen molar-refractivity contribution in [2.75, 3.05) is 13.7 Å². The molecule has 0 aliphatic rings.